The number of hydrogen-bond acceptors (Lipinski definition) is 5. The molecule has 0 N–H and O–H groups in total. The Morgan fingerprint density at radius 3 is 2.63 bits per heavy atom. The maximum Gasteiger partial charge on any atom is 0.337 e. The van der Waals surface area contributed by atoms with Crippen LogP contribution in [-0.4, -0.2) is 30.0 Å². The van der Waals surface area contributed by atoms with Crippen LogP contribution in [0.4, 0.5) is 0 Å². The first-order valence-corrected chi connectivity index (χ1v) is 6.80. The average Bonchev–Trinajstić information content (AvgIpc) is 2.91. The fourth-order valence-electron chi connectivity index (χ4n) is 1.82. The maximum atomic E-state index is 11.3. The average molecular weight is 276 g/mol. The van der Waals surface area contributed by atoms with Gasteiger partial charge in [-0.2, -0.15) is 0 Å². The van der Waals surface area contributed by atoms with E-state index in [0.717, 1.165) is 13.1 Å². The summed E-state index contributed by atoms with van der Waals surface area (Å²) in [7, 11) is 3.45. The number of hydrogen-bond donors (Lipinski definition) is 0. The molecule has 0 aliphatic rings. The fourth-order valence-corrected chi connectivity index (χ4v) is 2.49. The molecule has 5 heteroatoms. The summed E-state index contributed by atoms with van der Waals surface area (Å²) in [6.07, 6.45) is 1.89. The van der Waals surface area contributed by atoms with Gasteiger partial charge in [-0.3, -0.25) is 9.88 Å². The van der Waals surface area contributed by atoms with Crippen LogP contribution in [0.15, 0.2) is 36.0 Å². The van der Waals surface area contributed by atoms with E-state index in [9.17, 15) is 4.79 Å². The van der Waals surface area contributed by atoms with Gasteiger partial charge in [0.1, 0.15) is 0 Å². The van der Waals surface area contributed by atoms with Crippen LogP contribution in [-0.2, 0) is 17.8 Å². The zero-order valence-electron chi connectivity index (χ0n) is 11.0. The predicted octanol–water partition coefficient (Wildman–Crippen LogP) is 2.56. The molecule has 4 nitrogen and oxygen atoms in total. The molecule has 0 atom stereocenters. The molecule has 0 radical (unpaired) electrons. The highest BCUT2D eigenvalue weighted by Gasteiger charge is 2.06. The molecular weight excluding hydrogens is 260 g/mol. The molecule has 2 aromatic rings. The lowest BCUT2D eigenvalue weighted by Gasteiger charge is -2.15. The highest BCUT2D eigenvalue weighted by atomic mass is 32.1. The van der Waals surface area contributed by atoms with Crippen LogP contribution >= 0.6 is 11.3 Å². The normalized spacial score (nSPS) is 10.7. The Morgan fingerprint density at radius 1 is 1.32 bits per heavy atom. The summed E-state index contributed by atoms with van der Waals surface area (Å²) in [5.74, 6) is -0.301. The van der Waals surface area contributed by atoms with Gasteiger partial charge in [-0.15, -0.1) is 11.3 Å². The monoisotopic (exact) mass is 276 g/mol. The maximum absolute atomic E-state index is 11.3. The molecule has 0 aliphatic heterocycles. The van der Waals surface area contributed by atoms with Crippen molar-refractivity contribution in [2.45, 2.75) is 13.1 Å². The molecule has 1 aromatic carbocycles. The van der Waals surface area contributed by atoms with Gasteiger partial charge in [0.2, 0.25) is 0 Å². The van der Waals surface area contributed by atoms with Crippen LogP contribution in [0.2, 0.25) is 0 Å². The second-order valence-corrected chi connectivity index (χ2v) is 5.30. The minimum atomic E-state index is -0.301. The number of rotatable bonds is 5. The second-order valence-electron chi connectivity index (χ2n) is 4.33. The number of esters is 1. The quantitative estimate of drug-likeness (QED) is 0.787. The van der Waals surface area contributed by atoms with Crippen LogP contribution in [0.3, 0.4) is 0 Å². The van der Waals surface area contributed by atoms with E-state index in [-0.39, 0.29) is 5.97 Å². The van der Waals surface area contributed by atoms with E-state index in [2.05, 4.69) is 21.7 Å². The Kier molecular flexibility index (Phi) is 4.65. The first-order valence-electron chi connectivity index (χ1n) is 5.92. The van der Waals surface area contributed by atoms with Gasteiger partial charge in [0, 0.05) is 24.2 Å². The van der Waals surface area contributed by atoms with Crippen molar-refractivity contribution in [3.05, 3.63) is 52.0 Å². The fraction of sp³-hybridized carbons (Fsp3) is 0.286. The molecule has 100 valence electrons. The Labute approximate surface area is 116 Å². The summed E-state index contributed by atoms with van der Waals surface area (Å²) in [6, 6.07) is 7.49. The van der Waals surface area contributed by atoms with Crippen molar-refractivity contribution in [2.75, 3.05) is 14.2 Å². The topological polar surface area (TPSA) is 42.4 Å². The molecule has 0 unspecified atom stereocenters. The van der Waals surface area contributed by atoms with Gasteiger partial charge in [-0.25, -0.2) is 4.79 Å². The third kappa shape index (κ3) is 3.87. The van der Waals surface area contributed by atoms with Crippen LogP contribution < -0.4 is 0 Å². The highest BCUT2D eigenvalue weighted by molar-refractivity contribution is 7.09. The second kappa shape index (κ2) is 6.45. The summed E-state index contributed by atoms with van der Waals surface area (Å²) < 4.78 is 4.67. The molecule has 1 heterocycles. The standard InChI is InChI=1S/C14H16N2O2S/c1-16(9-13-7-15-10-19-13)8-11-3-5-12(6-4-11)14(17)18-2/h3-7,10H,8-9H2,1-2H3. The van der Waals surface area contributed by atoms with Crippen LogP contribution in [0.5, 0.6) is 0 Å². The van der Waals surface area contributed by atoms with Gasteiger partial charge >= 0.3 is 5.97 Å². The number of carbonyl (C=O) groups is 1. The SMILES string of the molecule is COC(=O)c1ccc(CN(C)Cc2cncs2)cc1. The third-order valence-corrected chi connectivity index (χ3v) is 3.50. The lowest BCUT2D eigenvalue weighted by molar-refractivity contribution is 0.0600. The van der Waals surface area contributed by atoms with Crippen molar-refractivity contribution < 1.29 is 9.53 Å². The van der Waals surface area contributed by atoms with Gasteiger partial charge < -0.3 is 4.74 Å². The van der Waals surface area contributed by atoms with E-state index in [1.807, 2.05) is 23.8 Å². The first kappa shape index (κ1) is 13.7. The number of ether oxygens (including phenoxy) is 1. The first-order chi connectivity index (χ1) is 9.19. The van der Waals surface area contributed by atoms with E-state index in [1.165, 1.54) is 17.6 Å². The molecule has 0 bridgehead atoms. The van der Waals surface area contributed by atoms with Crippen LogP contribution in [0.25, 0.3) is 0 Å². The molecule has 0 saturated heterocycles. The largest absolute Gasteiger partial charge is 0.465 e. The molecule has 0 fully saturated rings. The van der Waals surface area contributed by atoms with Crippen molar-refractivity contribution in [1.82, 2.24) is 9.88 Å². The van der Waals surface area contributed by atoms with E-state index < -0.39 is 0 Å². The van der Waals surface area contributed by atoms with Gasteiger partial charge in [-0.1, -0.05) is 12.1 Å². The Morgan fingerprint density at radius 2 is 2.05 bits per heavy atom. The third-order valence-electron chi connectivity index (χ3n) is 2.74. The van der Waals surface area contributed by atoms with E-state index in [1.54, 1.807) is 23.5 Å². The molecule has 0 spiro atoms. The van der Waals surface area contributed by atoms with Crippen molar-refractivity contribution in [1.29, 1.82) is 0 Å². The van der Waals surface area contributed by atoms with Crippen LogP contribution in [0, 0.1) is 0 Å². The minimum Gasteiger partial charge on any atom is -0.465 e. The molecule has 1 aromatic heterocycles. The van der Waals surface area contributed by atoms with E-state index in [4.69, 9.17) is 0 Å². The number of aromatic nitrogens is 1. The van der Waals surface area contributed by atoms with Crippen molar-refractivity contribution in [3.8, 4) is 0 Å². The molecule has 0 saturated carbocycles. The van der Waals surface area contributed by atoms with Crippen LogP contribution in [0.1, 0.15) is 20.8 Å². The van der Waals surface area contributed by atoms with Gasteiger partial charge in [0.25, 0.3) is 0 Å². The highest BCUT2D eigenvalue weighted by Crippen LogP contribution is 2.12. The number of benzene rings is 1. The van der Waals surface area contributed by atoms with Crippen molar-refractivity contribution in [2.24, 2.45) is 0 Å². The van der Waals surface area contributed by atoms with E-state index >= 15 is 0 Å². The predicted molar refractivity (Wildman–Crippen MR) is 75.1 cm³/mol. The summed E-state index contributed by atoms with van der Waals surface area (Å²) in [5, 5.41) is 0. The Balaban J connectivity index is 1.93. The summed E-state index contributed by atoms with van der Waals surface area (Å²) in [4.78, 5) is 18.8. The van der Waals surface area contributed by atoms with Gasteiger partial charge in [0.05, 0.1) is 18.2 Å². The molecule has 0 aliphatic carbocycles. The van der Waals surface area contributed by atoms with Crippen molar-refractivity contribution >= 4 is 17.3 Å². The smallest absolute Gasteiger partial charge is 0.337 e. The molecule has 0 amide bonds. The number of thiazole rings is 1. The number of methoxy groups -OCH3 is 1. The minimum absolute atomic E-state index is 0.301. The molecule has 19 heavy (non-hydrogen) atoms. The number of carbonyl (C=O) groups excluding carboxylic acids is 1. The Hall–Kier alpha value is -1.72. The lowest BCUT2D eigenvalue weighted by Crippen LogP contribution is -2.16. The van der Waals surface area contributed by atoms with Crippen molar-refractivity contribution in [3.63, 3.8) is 0 Å². The lowest BCUT2D eigenvalue weighted by atomic mass is 10.1. The summed E-state index contributed by atoms with van der Waals surface area (Å²) >= 11 is 1.66. The summed E-state index contributed by atoms with van der Waals surface area (Å²) in [5.41, 5.74) is 3.59. The zero-order valence-corrected chi connectivity index (χ0v) is 11.8. The van der Waals surface area contributed by atoms with Gasteiger partial charge in [-0.05, 0) is 24.7 Å². The summed E-state index contributed by atoms with van der Waals surface area (Å²) in [6.45, 7) is 1.71. The zero-order chi connectivity index (χ0) is 13.7. The van der Waals surface area contributed by atoms with E-state index in [0.29, 0.717) is 5.56 Å². The molecular formula is C14H16N2O2S. The Bertz CT molecular complexity index is 523. The number of nitrogens with zero attached hydrogens (tertiary/aromatic N) is 2. The van der Waals surface area contributed by atoms with Gasteiger partial charge in [0.15, 0.2) is 0 Å². The molecule has 2 rings (SSSR count).